The molecule has 1 aromatic rings. The highest BCUT2D eigenvalue weighted by atomic mass is 16.1. The second-order valence-electron chi connectivity index (χ2n) is 5.59. The Balaban J connectivity index is 2.10. The largest absolute Gasteiger partial charge is 0.316 e. The van der Waals surface area contributed by atoms with Gasteiger partial charge >= 0.3 is 0 Å². The van der Waals surface area contributed by atoms with Crippen molar-refractivity contribution < 1.29 is 4.79 Å². The van der Waals surface area contributed by atoms with Gasteiger partial charge in [-0.1, -0.05) is 6.07 Å². The van der Waals surface area contributed by atoms with Crippen molar-refractivity contribution in [3.8, 4) is 0 Å². The molecule has 1 saturated heterocycles. The van der Waals surface area contributed by atoms with Crippen LogP contribution in [0.5, 0.6) is 0 Å². The minimum Gasteiger partial charge on any atom is -0.316 e. The molecule has 1 aliphatic rings. The summed E-state index contributed by atoms with van der Waals surface area (Å²) in [5.41, 5.74) is 4.52. The molecular weight excluding hydrogens is 222 g/mol. The van der Waals surface area contributed by atoms with E-state index in [1.54, 1.807) is 0 Å². The van der Waals surface area contributed by atoms with Gasteiger partial charge in [-0.25, -0.2) is 0 Å². The van der Waals surface area contributed by atoms with Crippen molar-refractivity contribution in [3.63, 3.8) is 0 Å². The Labute approximate surface area is 110 Å². The first-order chi connectivity index (χ1) is 8.58. The van der Waals surface area contributed by atoms with Crippen LogP contribution >= 0.6 is 0 Å². The van der Waals surface area contributed by atoms with Gasteiger partial charge in [-0.15, -0.1) is 0 Å². The van der Waals surface area contributed by atoms with Crippen LogP contribution in [-0.2, 0) is 0 Å². The first kappa shape index (κ1) is 13.3. The average molecular weight is 245 g/mol. The molecule has 1 atom stereocenters. The van der Waals surface area contributed by atoms with Crippen molar-refractivity contribution in [3.05, 3.63) is 34.4 Å². The van der Waals surface area contributed by atoms with E-state index >= 15 is 0 Å². The lowest BCUT2D eigenvalue weighted by atomic mass is 9.89. The van der Waals surface area contributed by atoms with Crippen LogP contribution in [0.15, 0.2) is 12.1 Å². The van der Waals surface area contributed by atoms with Crippen LogP contribution in [0.3, 0.4) is 0 Å². The number of carbonyl (C=O) groups is 1. The normalized spacial score (nSPS) is 19.8. The van der Waals surface area contributed by atoms with Gasteiger partial charge in [0.05, 0.1) is 0 Å². The highest BCUT2D eigenvalue weighted by Gasteiger charge is 2.19. The lowest BCUT2D eigenvalue weighted by Crippen LogP contribution is -2.31. The Morgan fingerprint density at radius 3 is 2.61 bits per heavy atom. The Morgan fingerprint density at radius 1 is 1.22 bits per heavy atom. The molecule has 18 heavy (non-hydrogen) atoms. The van der Waals surface area contributed by atoms with E-state index < -0.39 is 0 Å². The fourth-order valence-corrected chi connectivity index (χ4v) is 2.73. The van der Waals surface area contributed by atoms with E-state index in [1.165, 1.54) is 24.0 Å². The van der Waals surface area contributed by atoms with Crippen molar-refractivity contribution in [2.24, 2.45) is 5.92 Å². The third-order valence-electron chi connectivity index (χ3n) is 4.01. The number of rotatable bonds is 3. The summed E-state index contributed by atoms with van der Waals surface area (Å²) in [7, 11) is 0. The second kappa shape index (κ2) is 5.66. The summed E-state index contributed by atoms with van der Waals surface area (Å²) < 4.78 is 0. The zero-order valence-corrected chi connectivity index (χ0v) is 11.7. The van der Waals surface area contributed by atoms with Gasteiger partial charge in [0.1, 0.15) is 0 Å². The number of ketones is 1. The molecule has 0 amide bonds. The van der Waals surface area contributed by atoms with Gasteiger partial charge in [-0.05, 0) is 75.4 Å². The topological polar surface area (TPSA) is 29.1 Å². The van der Waals surface area contributed by atoms with E-state index in [0.717, 1.165) is 24.2 Å². The van der Waals surface area contributed by atoms with E-state index in [1.807, 2.05) is 6.92 Å². The molecule has 2 rings (SSSR count). The standard InChI is InChI=1S/C16H23NO/c1-11-7-13(3)15(8-12(11)2)16(18)9-14-5-4-6-17-10-14/h7-8,14,17H,4-6,9-10H2,1-3H3. The maximum absolute atomic E-state index is 12.4. The summed E-state index contributed by atoms with van der Waals surface area (Å²) in [6, 6.07) is 4.19. The van der Waals surface area contributed by atoms with E-state index in [9.17, 15) is 4.79 Å². The minimum absolute atomic E-state index is 0.310. The Hall–Kier alpha value is -1.15. The summed E-state index contributed by atoms with van der Waals surface area (Å²) in [6.07, 6.45) is 3.07. The number of hydrogen-bond acceptors (Lipinski definition) is 2. The quantitative estimate of drug-likeness (QED) is 0.829. The number of piperidine rings is 1. The van der Waals surface area contributed by atoms with E-state index in [2.05, 4.69) is 31.3 Å². The fraction of sp³-hybridized carbons (Fsp3) is 0.562. The molecule has 98 valence electrons. The Bertz CT molecular complexity index is 445. The van der Waals surface area contributed by atoms with Crippen LogP contribution in [0, 0.1) is 26.7 Å². The SMILES string of the molecule is Cc1cc(C)c(C(=O)CC2CCCNC2)cc1C. The third-order valence-corrected chi connectivity index (χ3v) is 4.01. The van der Waals surface area contributed by atoms with E-state index in [-0.39, 0.29) is 0 Å². The van der Waals surface area contributed by atoms with Gasteiger partial charge in [0.15, 0.2) is 5.78 Å². The highest BCUT2D eigenvalue weighted by molar-refractivity contribution is 5.97. The first-order valence-corrected chi connectivity index (χ1v) is 6.89. The molecule has 1 unspecified atom stereocenters. The second-order valence-corrected chi connectivity index (χ2v) is 5.59. The molecule has 1 fully saturated rings. The predicted octanol–water partition coefficient (Wildman–Crippen LogP) is 3.18. The van der Waals surface area contributed by atoms with Crippen LogP contribution in [0.2, 0.25) is 0 Å². The molecule has 2 heteroatoms. The number of Topliss-reactive ketones (excluding diaryl/α,β-unsaturated/α-hetero) is 1. The van der Waals surface area contributed by atoms with Crippen molar-refractivity contribution >= 4 is 5.78 Å². The fourth-order valence-electron chi connectivity index (χ4n) is 2.73. The Kier molecular flexibility index (Phi) is 4.18. The van der Waals surface area contributed by atoms with Crippen LogP contribution < -0.4 is 5.32 Å². The molecule has 0 aromatic heterocycles. The predicted molar refractivity (Wildman–Crippen MR) is 75.2 cm³/mol. The van der Waals surface area contributed by atoms with Crippen LogP contribution in [-0.4, -0.2) is 18.9 Å². The Morgan fingerprint density at radius 2 is 1.94 bits per heavy atom. The van der Waals surface area contributed by atoms with Crippen LogP contribution in [0.1, 0.15) is 46.3 Å². The monoisotopic (exact) mass is 245 g/mol. The van der Waals surface area contributed by atoms with E-state index in [0.29, 0.717) is 18.1 Å². The molecule has 1 heterocycles. The van der Waals surface area contributed by atoms with E-state index in [4.69, 9.17) is 0 Å². The molecule has 1 aromatic carbocycles. The maximum atomic E-state index is 12.4. The zero-order chi connectivity index (χ0) is 13.1. The number of carbonyl (C=O) groups excluding carboxylic acids is 1. The molecular formula is C16H23NO. The molecule has 0 saturated carbocycles. The summed E-state index contributed by atoms with van der Waals surface area (Å²) >= 11 is 0. The number of hydrogen-bond donors (Lipinski definition) is 1. The van der Waals surface area contributed by atoms with Crippen molar-refractivity contribution in [1.82, 2.24) is 5.32 Å². The number of nitrogens with one attached hydrogen (secondary N) is 1. The summed E-state index contributed by atoms with van der Waals surface area (Å²) in [4.78, 5) is 12.4. The third kappa shape index (κ3) is 2.99. The summed E-state index contributed by atoms with van der Waals surface area (Å²) in [5.74, 6) is 0.830. The zero-order valence-electron chi connectivity index (χ0n) is 11.7. The summed E-state index contributed by atoms with van der Waals surface area (Å²) in [6.45, 7) is 8.32. The van der Waals surface area contributed by atoms with Crippen LogP contribution in [0.4, 0.5) is 0 Å². The molecule has 0 radical (unpaired) electrons. The smallest absolute Gasteiger partial charge is 0.163 e. The van der Waals surface area contributed by atoms with Gasteiger partial charge in [-0.2, -0.15) is 0 Å². The molecule has 2 nitrogen and oxygen atoms in total. The van der Waals surface area contributed by atoms with Crippen LogP contribution in [0.25, 0.3) is 0 Å². The molecule has 1 N–H and O–H groups in total. The first-order valence-electron chi connectivity index (χ1n) is 6.89. The van der Waals surface area contributed by atoms with Gasteiger partial charge in [0.25, 0.3) is 0 Å². The van der Waals surface area contributed by atoms with Gasteiger partial charge in [-0.3, -0.25) is 4.79 Å². The summed E-state index contributed by atoms with van der Waals surface area (Å²) in [5, 5.41) is 3.37. The molecule has 0 bridgehead atoms. The lowest BCUT2D eigenvalue weighted by molar-refractivity contribution is 0.0953. The molecule has 0 spiro atoms. The van der Waals surface area contributed by atoms with Gasteiger partial charge in [0, 0.05) is 12.0 Å². The highest BCUT2D eigenvalue weighted by Crippen LogP contribution is 2.21. The average Bonchev–Trinajstić information content (AvgIpc) is 2.35. The van der Waals surface area contributed by atoms with Crippen molar-refractivity contribution in [1.29, 1.82) is 0 Å². The number of benzene rings is 1. The molecule has 0 aliphatic carbocycles. The number of aryl methyl sites for hydroxylation is 3. The van der Waals surface area contributed by atoms with Gasteiger partial charge < -0.3 is 5.32 Å². The van der Waals surface area contributed by atoms with Crippen molar-refractivity contribution in [2.75, 3.05) is 13.1 Å². The minimum atomic E-state index is 0.310. The molecule has 1 aliphatic heterocycles. The van der Waals surface area contributed by atoms with Gasteiger partial charge in [0.2, 0.25) is 0 Å². The van der Waals surface area contributed by atoms with Crippen molar-refractivity contribution in [2.45, 2.75) is 40.0 Å². The lowest BCUT2D eigenvalue weighted by Gasteiger charge is -2.22. The maximum Gasteiger partial charge on any atom is 0.163 e.